The summed E-state index contributed by atoms with van der Waals surface area (Å²) in [5.74, 6) is 0.333. The highest BCUT2D eigenvalue weighted by atomic mass is 79.9. The minimum atomic E-state index is -0.349. The number of rotatable bonds is 3. The van der Waals surface area contributed by atoms with Crippen LogP contribution in [0.2, 0.25) is 0 Å². The average molecular weight is 247 g/mol. The van der Waals surface area contributed by atoms with Gasteiger partial charge in [-0.3, -0.25) is 0 Å². The number of esters is 1. The molecule has 0 bridgehead atoms. The maximum absolute atomic E-state index is 11.2. The number of ether oxygens (including phenoxy) is 1. The maximum atomic E-state index is 11.2. The molecule has 1 rings (SSSR count). The van der Waals surface area contributed by atoms with Crippen molar-refractivity contribution < 1.29 is 13.9 Å². The van der Waals surface area contributed by atoms with Gasteiger partial charge in [0.25, 0.3) is 0 Å². The Morgan fingerprint density at radius 3 is 2.92 bits per heavy atom. The molecule has 72 valence electrons. The summed E-state index contributed by atoms with van der Waals surface area (Å²) in [5.41, 5.74) is 0.510. The van der Waals surface area contributed by atoms with Gasteiger partial charge in [-0.1, -0.05) is 6.92 Å². The molecule has 3 nitrogen and oxygen atoms in total. The highest BCUT2D eigenvalue weighted by Gasteiger charge is 2.16. The van der Waals surface area contributed by atoms with Crippen LogP contribution in [0.4, 0.5) is 0 Å². The van der Waals surface area contributed by atoms with E-state index in [2.05, 4.69) is 20.7 Å². The van der Waals surface area contributed by atoms with E-state index in [1.54, 1.807) is 6.07 Å². The molecule has 0 unspecified atom stereocenters. The van der Waals surface area contributed by atoms with Crippen molar-refractivity contribution in [1.29, 1.82) is 0 Å². The highest BCUT2D eigenvalue weighted by Crippen LogP contribution is 2.22. The number of hydrogen-bond donors (Lipinski definition) is 0. The number of halogens is 1. The van der Waals surface area contributed by atoms with Crippen LogP contribution in [0.3, 0.4) is 0 Å². The van der Waals surface area contributed by atoms with Crippen molar-refractivity contribution in [3.8, 4) is 0 Å². The van der Waals surface area contributed by atoms with Crippen LogP contribution < -0.4 is 0 Å². The van der Waals surface area contributed by atoms with Crippen molar-refractivity contribution >= 4 is 21.9 Å². The molecule has 0 aliphatic rings. The second kappa shape index (κ2) is 4.46. The number of hydrogen-bond acceptors (Lipinski definition) is 3. The molecule has 0 saturated carbocycles. The van der Waals surface area contributed by atoms with Crippen LogP contribution in [-0.4, -0.2) is 13.1 Å². The molecule has 1 aromatic heterocycles. The third-order valence-corrected chi connectivity index (χ3v) is 2.05. The number of carbonyl (C=O) groups excluding carboxylic acids is 1. The summed E-state index contributed by atoms with van der Waals surface area (Å²) in [6.45, 7) is 2.03. The minimum absolute atomic E-state index is 0.349. The molecule has 0 saturated heterocycles. The Morgan fingerprint density at radius 2 is 2.38 bits per heavy atom. The smallest absolute Gasteiger partial charge is 0.341 e. The maximum Gasteiger partial charge on any atom is 0.341 e. The highest BCUT2D eigenvalue weighted by molar-refractivity contribution is 9.10. The summed E-state index contributed by atoms with van der Waals surface area (Å²) >= 11 is 3.18. The molecule has 13 heavy (non-hydrogen) atoms. The monoisotopic (exact) mass is 246 g/mol. The van der Waals surface area contributed by atoms with Crippen LogP contribution in [0.25, 0.3) is 0 Å². The summed E-state index contributed by atoms with van der Waals surface area (Å²) in [5, 5.41) is 0. The molecule has 1 heterocycles. The van der Waals surface area contributed by atoms with Crippen LogP contribution in [0.5, 0.6) is 0 Å². The molecule has 0 amide bonds. The molecular formula is C9H11BrO3. The third-order valence-electron chi connectivity index (χ3n) is 1.66. The molecule has 0 N–H and O–H groups in total. The van der Waals surface area contributed by atoms with E-state index in [-0.39, 0.29) is 5.97 Å². The predicted molar refractivity (Wildman–Crippen MR) is 51.7 cm³/mol. The van der Waals surface area contributed by atoms with Crippen LogP contribution >= 0.6 is 15.9 Å². The van der Waals surface area contributed by atoms with Crippen LogP contribution in [0.1, 0.15) is 29.5 Å². The quantitative estimate of drug-likeness (QED) is 0.771. The third kappa shape index (κ3) is 2.34. The summed E-state index contributed by atoms with van der Waals surface area (Å²) in [7, 11) is 1.36. The summed E-state index contributed by atoms with van der Waals surface area (Å²) in [6, 6.07) is 1.64. The first-order chi connectivity index (χ1) is 6.19. The number of methoxy groups -OCH3 is 1. The van der Waals surface area contributed by atoms with Crippen molar-refractivity contribution in [2.75, 3.05) is 7.11 Å². The molecule has 4 heteroatoms. The standard InChI is InChI=1S/C9H11BrO3/c1-3-4-7-6(9(11)12-2)5-8(10)13-7/h5H,3-4H2,1-2H3. The lowest BCUT2D eigenvalue weighted by Crippen LogP contribution is -2.02. The SMILES string of the molecule is CCCc1oc(Br)cc1C(=O)OC. The minimum Gasteiger partial charge on any atom is -0.465 e. The Bertz CT molecular complexity index is 304. The van der Waals surface area contributed by atoms with E-state index >= 15 is 0 Å². The Morgan fingerprint density at radius 1 is 1.69 bits per heavy atom. The van der Waals surface area contributed by atoms with Crippen molar-refractivity contribution in [2.24, 2.45) is 0 Å². The summed E-state index contributed by atoms with van der Waals surface area (Å²) in [4.78, 5) is 11.2. The predicted octanol–water partition coefficient (Wildman–Crippen LogP) is 2.78. The van der Waals surface area contributed by atoms with Gasteiger partial charge in [-0.15, -0.1) is 0 Å². The lowest BCUT2D eigenvalue weighted by molar-refractivity contribution is 0.0598. The molecule has 0 aromatic carbocycles. The van der Waals surface area contributed by atoms with Crippen molar-refractivity contribution in [3.05, 3.63) is 22.1 Å². The summed E-state index contributed by atoms with van der Waals surface area (Å²) < 4.78 is 10.5. The van der Waals surface area contributed by atoms with Gasteiger partial charge in [0.05, 0.1) is 7.11 Å². The van der Waals surface area contributed by atoms with Gasteiger partial charge in [-0.25, -0.2) is 4.79 Å². The lowest BCUT2D eigenvalue weighted by Gasteiger charge is -1.97. The zero-order chi connectivity index (χ0) is 9.84. The lowest BCUT2D eigenvalue weighted by atomic mass is 10.2. The van der Waals surface area contributed by atoms with Gasteiger partial charge in [0.15, 0.2) is 4.67 Å². The van der Waals surface area contributed by atoms with Gasteiger partial charge in [0, 0.05) is 12.5 Å². The zero-order valence-corrected chi connectivity index (χ0v) is 9.18. The molecule has 0 atom stereocenters. The van der Waals surface area contributed by atoms with E-state index in [0.717, 1.165) is 12.8 Å². The number of furan rings is 1. The fourth-order valence-electron chi connectivity index (χ4n) is 1.09. The van der Waals surface area contributed by atoms with Gasteiger partial charge in [-0.05, 0) is 22.4 Å². The number of aryl methyl sites for hydroxylation is 1. The van der Waals surface area contributed by atoms with E-state index in [1.165, 1.54) is 7.11 Å². The Kier molecular flexibility index (Phi) is 3.54. The molecule has 0 fully saturated rings. The summed E-state index contributed by atoms with van der Waals surface area (Å²) in [6.07, 6.45) is 1.68. The van der Waals surface area contributed by atoms with Gasteiger partial charge in [0.1, 0.15) is 11.3 Å². The molecular weight excluding hydrogens is 236 g/mol. The largest absolute Gasteiger partial charge is 0.465 e. The van der Waals surface area contributed by atoms with Crippen molar-refractivity contribution in [2.45, 2.75) is 19.8 Å². The fraction of sp³-hybridized carbons (Fsp3) is 0.444. The Hall–Kier alpha value is -0.770. The fourth-order valence-corrected chi connectivity index (χ4v) is 1.52. The van der Waals surface area contributed by atoms with Gasteiger partial charge >= 0.3 is 5.97 Å². The number of carbonyl (C=O) groups is 1. The van der Waals surface area contributed by atoms with E-state index in [9.17, 15) is 4.79 Å². The van der Waals surface area contributed by atoms with Crippen LogP contribution in [0, 0.1) is 0 Å². The Balaban J connectivity index is 2.96. The second-order valence-corrected chi connectivity index (χ2v) is 3.41. The van der Waals surface area contributed by atoms with Gasteiger partial charge in [-0.2, -0.15) is 0 Å². The van der Waals surface area contributed by atoms with E-state index in [0.29, 0.717) is 16.0 Å². The van der Waals surface area contributed by atoms with Gasteiger partial charge in [0.2, 0.25) is 0 Å². The average Bonchev–Trinajstić information content (AvgIpc) is 2.46. The second-order valence-electron chi connectivity index (χ2n) is 2.63. The van der Waals surface area contributed by atoms with Crippen LogP contribution in [-0.2, 0) is 11.2 Å². The van der Waals surface area contributed by atoms with E-state index in [4.69, 9.17) is 4.42 Å². The molecule has 1 aromatic rings. The molecule has 0 spiro atoms. The van der Waals surface area contributed by atoms with Crippen LogP contribution in [0.15, 0.2) is 15.2 Å². The van der Waals surface area contributed by atoms with E-state index in [1.807, 2.05) is 6.92 Å². The first kappa shape index (κ1) is 10.3. The topological polar surface area (TPSA) is 39.4 Å². The molecule has 0 radical (unpaired) electrons. The first-order valence-corrected chi connectivity index (χ1v) is 4.84. The normalized spacial score (nSPS) is 10.1. The Labute approximate surface area is 85.2 Å². The van der Waals surface area contributed by atoms with Crippen molar-refractivity contribution in [1.82, 2.24) is 0 Å². The van der Waals surface area contributed by atoms with Crippen molar-refractivity contribution in [3.63, 3.8) is 0 Å². The van der Waals surface area contributed by atoms with Gasteiger partial charge < -0.3 is 9.15 Å². The molecule has 0 aliphatic heterocycles. The van der Waals surface area contributed by atoms with E-state index < -0.39 is 0 Å². The first-order valence-electron chi connectivity index (χ1n) is 4.05. The zero-order valence-electron chi connectivity index (χ0n) is 7.59. The molecule has 0 aliphatic carbocycles.